The summed E-state index contributed by atoms with van der Waals surface area (Å²) in [6, 6.07) is 8.12. The van der Waals surface area contributed by atoms with Crippen LogP contribution in [0.4, 0.5) is 0 Å². The fourth-order valence-corrected chi connectivity index (χ4v) is 1.71. The number of hydrogen-bond donors (Lipinski definition) is 1. The van der Waals surface area contributed by atoms with Crippen LogP contribution in [-0.4, -0.2) is 32.9 Å². The van der Waals surface area contributed by atoms with Crippen molar-refractivity contribution in [3.63, 3.8) is 0 Å². The molecule has 6 nitrogen and oxygen atoms in total. The van der Waals surface area contributed by atoms with Crippen LogP contribution in [0.5, 0.6) is 5.75 Å². The Morgan fingerprint density at radius 1 is 1.32 bits per heavy atom. The predicted molar refractivity (Wildman–Crippen MR) is 72.3 cm³/mol. The molecule has 1 N–H and O–H groups in total. The Kier molecular flexibility index (Phi) is 4.46. The van der Waals surface area contributed by atoms with Gasteiger partial charge in [0.25, 0.3) is 0 Å². The van der Waals surface area contributed by atoms with Crippen LogP contribution in [0.25, 0.3) is 5.69 Å². The Bertz CT molecular complexity index is 523. The maximum Gasteiger partial charge on any atom is 0.170 e. The summed E-state index contributed by atoms with van der Waals surface area (Å²) in [5.41, 5.74) is 0.856. The highest BCUT2D eigenvalue weighted by Crippen LogP contribution is 2.22. The zero-order chi connectivity index (χ0) is 13.7. The summed E-state index contributed by atoms with van der Waals surface area (Å²) in [4.78, 5) is 0. The van der Waals surface area contributed by atoms with Crippen LogP contribution in [0.3, 0.4) is 0 Å². The number of ether oxygens (including phenoxy) is 1. The van der Waals surface area contributed by atoms with Gasteiger partial charge in [0.15, 0.2) is 5.82 Å². The summed E-state index contributed by atoms with van der Waals surface area (Å²) in [7, 11) is 0. The standard InChI is InChI=1S/C13H19N5O/c1-4-19-12-8-6-5-7-11(12)18-13(15-16-17-18)9-14-10(2)3/h5-8,10,14H,4,9H2,1-3H3. The second-order valence-electron chi connectivity index (χ2n) is 4.44. The molecule has 0 bridgehead atoms. The number of para-hydroxylation sites is 2. The number of tetrazole rings is 1. The van der Waals surface area contributed by atoms with Gasteiger partial charge < -0.3 is 10.1 Å². The lowest BCUT2D eigenvalue weighted by atomic mass is 10.3. The lowest BCUT2D eigenvalue weighted by molar-refractivity contribution is 0.338. The van der Waals surface area contributed by atoms with Crippen LogP contribution in [0, 0.1) is 0 Å². The molecule has 0 amide bonds. The molecule has 0 aliphatic rings. The van der Waals surface area contributed by atoms with Crippen LogP contribution < -0.4 is 10.1 Å². The van der Waals surface area contributed by atoms with Crippen LogP contribution in [0.2, 0.25) is 0 Å². The molecule has 0 saturated carbocycles. The Hall–Kier alpha value is -1.95. The van der Waals surface area contributed by atoms with E-state index >= 15 is 0 Å². The highest BCUT2D eigenvalue weighted by Gasteiger charge is 2.12. The van der Waals surface area contributed by atoms with Gasteiger partial charge in [-0.25, -0.2) is 0 Å². The lowest BCUT2D eigenvalue weighted by Crippen LogP contribution is -2.24. The number of aromatic nitrogens is 4. The predicted octanol–water partition coefficient (Wildman–Crippen LogP) is 1.56. The molecule has 1 aromatic carbocycles. The van der Waals surface area contributed by atoms with E-state index in [1.165, 1.54) is 0 Å². The normalized spacial score (nSPS) is 10.9. The fourth-order valence-electron chi connectivity index (χ4n) is 1.71. The number of benzene rings is 1. The van der Waals surface area contributed by atoms with Crippen LogP contribution in [-0.2, 0) is 6.54 Å². The van der Waals surface area contributed by atoms with Crippen molar-refractivity contribution in [3.05, 3.63) is 30.1 Å². The Labute approximate surface area is 112 Å². The topological polar surface area (TPSA) is 64.9 Å². The number of hydrogen-bond acceptors (Lipinski definition) is 5. The molecule has 0 atom stereocenters. The molecule has 0 radical (unpaired) electrons. The lowest BCUT2D eigenvalue weighted by Gasteiger charge is -2.11. The molecule has 19 heavy (non-hydrogen) atoms. The Morgan fingerprint density at radius 3 is 2.84 bits per heavy atom. The highest BCUT2D eigenvalue weighted by atomic mass is 16.5. The third-order valence-electron chi connectivity index (χ3n) is 2.60. The van der Waals surface area contributed by atoms with Gasteiger partial charge in [0, 0.05) is 6.04 Å². The van der Waals surface area contributed by atoms with E-state index in [0.29, 0.717) is 19.2 Å². The summed E-state index contributed by atoms with van der Waals surface area (Å²) in [6.07, 6.45) is 0. The third-order valence-corrected chi connectivity index (χ3v) is 2.60. The maximum absolute atomic E-state index is 5.60. The Morgan fingerprint density at radius 2 is 2.11 bits per heavy atom. The molecule has 2 rings (SSSR count). The van der Waals surface area contributed by atoms with Gasteiger partial charge in [-0.15, -0.1) is 5.10 Å². The van der Waals surface area contributed by atoms with Gasteiger partial charge in [0.05, 0.1) is 13.2 Å². The molecule has 2 aromatic rings. The van der Waals surface area contributed by atoms with E-state index in [-0.39, 0.29) is 0 Å². The molecular weight excluding hydrogens is 242 g/mol. The molecule has 0 aliphatic carbocycles. The van der Waals surface area contributed by atoms with Crippen LogP contribution in [0.1, 0.15) is 26.6 Å². The highest BCUT2D eigenvalue weighted by molar-refractivity contribution is 5.46. The van der Waals surface area contributed by atoms with Gasteiger partial charge >= 0.3 is 0 Å². The fraction of sp³-hybridized carbons (Fsp3) is 0.462. The van der Waals surface area contributed by atoms with Crippen molar-refractivity contribution in [2.24, 2.45) is 0 Å². The molecule has 102 valence electrons. The minimum Gasteiger partial charge on any atom is -0.492 e. The molecule has 0 saturated heterocycles. The minimum absolute atomic E-state index is 0.382. The minimum atomic E-state index is 0.382. The van der Waals surface area contributed by atoms with Gasteiger partial charge in [0.1, 0.15) is 11.4 Å². The van der Waals surface area contributed by atoms with Gasteiger partial charge in [0.2, 0.25) is 0 Å². The second kappa shape index (κ2) is 6.29. The van der Waals surface area contributed by atoms with Crippen molar-refractivity contribution in [1.29, 1.82) is 0 Å². The van der Waals surface area contributed by atoms with Crippen LogP contribution >= 0.6 is 0 Å². The van der Waals surface area contributed by atoms with Crippen molar-refractivity contribution in [1.82, 2.24) is 25.5 Å². The first-order valence-corrected chi connectivity index (χ1v) is 6.45. The summed E-state index contributed by atoms with van der Waals surface area (Å²) < 4.78 is 7.31. The molecule has 1 heterocycles. The molecule has 0 fully saturated rings. The average Bonchev–Trinajstić information content (AvgIpc) is 2.85. The molecule has 0 aliphatic heterocycles. The molecule has 6 heteroatoms. The third kappa shape index (κ3) is 3.29. The van der Waals surface area contributed by atoms with Gasteiger partial charge in [-0.05, 0) is 29.5 Å². The first kappa shape index (κ1) is 13.5. The SMILES string of the molecule is CCOc1ccccc1-n1nnnc1CNC(C)C. The van der Waals surface area contributed by atoms with Crippen molar-refractivity contribution in [2.45, 2.75) is 33.4 Å². The van der Waals surface area contributed by atoms with Gasteiger partial charge in [-0.3, -0.25) is 0 Å². The second-order valence-corrected chi connectivity index (χ2v) is 4.44. The first-order valence-electron chi connectivity index (χ1n) is 6.45. The van der Waals surface area contributed by atoms with Crippen molar-refractivity contribution in [3.8, 4) is 11.4 Å². The van der Waals surface area contributed by atoms with Crippen molar-refractivity contribution < 1.29 is 4.74 Å². The van der Waals surface area contributed by atoms with Crippen molar-refractivity contribution in [2.75, 3.05) is 6.61 Å². The van der Waals surface area contributed by atoms with E-state index in [4.69, 9.17) is 4.74 Å². The van der Waals surface area contributed by atoms with E-state index in [9.17, 15) is 0 Å². The molecule has 0 unspecified atom stereocenters. The summed E-state index contributed by atoms with van der Waals surface area (Å²) >= 11 is 0. The van der Waals surface area contributed by atoms with E-state index in [2.05, 4.69) is 34.7 Å². The summed E-state index contributed by atoms with van der Waals surface area (Å²) in [5.74, 6) is 1.55. The summed E-state index contributed by atoms with van der Waals surface area (Å²) in [5, 5.41) is 15.1. The van der Waals surface area contributed by atoms with E-state index in [1.807, 2.05) is 31.2 Å². The number of nitrogens with zero attached hydrogens (tertiary/aromatic N) is 4. The maximum atomic E-state index is 5.60. The van der Waals surface area contributed by atoms with E-state index in [1.54, 1.807) is 4.68 Å². The zero-order valence-corrected chi connectivity index (χ0v) is 11.5. The van der Waals surface area contributed by atoms with Crippen molar-refractivity contribution >= 4 is 0 Å². The summed E-state index contributed by atoms with van der Waals surface area (Å²) in [6.45, 7) is 7.35. The quantitative estimate of drug-likeness (QED) is 0.855. The number of rotatable bonds is 6. The van der Waals surface area contributed by atoms with Gasteiger partial charge in [-0.1, -0.05) is 26.0 Å². The first-order chi connectivity index (χ1) is 9.22. The average molecular weight is 261 g/mol. The smallest absolute Gasteiger partial charge is 0.170 e. The monoisotopic (exact) mass is 261 g/mol. The molecule has 0 spiro atoms. The number of nitrogens with one attached hydrogen (secondary N) is 1. The molecule has 1 aromatic heterocycles. The van der Waals surface area contributed by atoms with E-state index < -0.39 is 0 Å². The largest absolute Gasteiger partial charge is 0.492 e. The van der Waals surface area contributed by atoms with Crippen LogP contribution in [0.15, 0.2) is 24.3 Å². The van der Waals surface area contributed by atoms with E-state index in [0.717, 1.165) is 17.3 Å². The Balaban J connectivity index is 2.29. The zero-order valence-electron chi connectivity index (χ0n) is 11.5. The van der Waals surface area contributed by atoms with Gasteiger partial charge in [-0.2, -0.15) is 4.68 Å². The molecular formula is C13H19N5O.